The van der Waals surface area contributed by atoms with E-state index < -0.39 is 26.7 Å². The number of benzene rings is 2. The molecular formula is C33H29FN4O4S3. The molecule has 0 radical (unpaired) electrons. The van der Waals surface area contributed by atoms with Crippen LogP contribution in [0.15, 0.2) is 76.3 Å². The second-order valence-electron chi connectivity index (χ2n) is 11.6. The van der Waals surface area contributed by atoms with Crippen LogP contribution < -0.4 is 10.1 Å². The van der Waals surface area contributed by atoms with Gasteiger partial charge < -0.3 is 5.11 Å². The highest BCUT2D eigenvalue weighted by Crippen LogP contribution is 2.44. The number of carboxylic acid groups (broad SMARTS) is 1. The van der Waals surface area contributed by atoms with E-state index >= 15 is 0 Å². The lowest BCUT2D eigenvalue weighted by molar-refractivity contribution is -0.132. The van der Waals surface area contributed by atoms with E-state index in [0.717, 1.165) is 52.3 Å². The summed E-state index contributed by atoms with van der Waals surface area (Å²) in [5.41, 5.74) is 3.50. The molecule has 0 spiro atoms. The second-order valence-corrected chi connectivity index (χ2v) is 15.3. The number of hydrogen-bond acceptors (Lipinski definition) is 7. The van der Waals surface area contributed by atoms with Gasteiger partial charge in [0.25, 0.3) is 0 Å². The lowest BCUT2D eigenvalue weighted by Crippen LogP contribution is -2.34. The van der Waals surface area contributed by atoms with Gasteiger partial charge in [0.15, 0.2) is 5.70 Å². The van der Waals surface area contributed by atoms with Crippen molar-refractivity contribution in [2.75, 3.05) is 10.9 Å². The van der Waals surface area contributed by atoms with Gasteiger partial charge in [-0.05, 0) is 79.8 Å². The maximum Gasteiger partial charge on any atom is 0.354 e. The molecule has 0 bridgehead atoms. The Kier molecular flexibility index (Phi) is 7.81. The molecule has 3 N–H and O–H groups in total. The van der Waals surface area contributed by atoms with Crippen molar-refractivity contribution in [1.82, 2.24) is 9.89 Å². The fraction of sp³-hybridized carbons (Fsp3) is 0.273. The molecule has 3 heterocycles. The van der Waals surface area contributed by atoms with Crippen molar-refractivity contribution in [3.8, 4) is 23.1 Å². The van der Waals surface area contributed by atoms with Crippen molar-refractivity contribution < 1.29 is 22.7 Å². The summed E-state index contributed by atoms with van der Waals surface area (Å²) < 4.78 is 38.4. The van der Waals surface area contributed by atoms with E-state index in [0.29, 0.717) is 34.5 Å². The molecular weight excluding hydrogens is 632 g/mol. The molecule has 7 rings (SSSR count). The standard InChI is InChI=1S/C33H29FN4O4S3/c34-27-16-21(7-14-30(27)45(35,41)42)15-24-18-38(37-19-43-29(17-20-5-6-20)32(37)33(39)40)36-31(24)26-4-2-1-3-22(26)10-11-25-12-13-28(44-25)23-8-9-23/h1-4,7,12-14,16,18,20,23H,5-6,8-9,15,17,19H2,(H,39,40)(H2,35,41,42). The number of carboxylic acids is 1. The van der Waals surface area contributed by atoms with Gasteiger partial charge in [-0.2, -0.15) is 9.89 Å². The predicted octanol–water partition coefficient (Wildman–Crippen LogP) is 6.00. The minimum Gasteiger partial charge on any atom is -0.476 e. The van der Waals surface area contributed by atoms with E-state index in [-0.39, 0.29) is 12.1 Å². The molecule has 8 nitrogen and oxygen atoms in total. The molecule has 45 heavy (non-hydrogen) atoms. The Bertz CT molecular complexity index is 2030. The number of thiophene rings is 1. The molecule has 0 amide bonds. The zero-order valence-electron chi connectivity index (χ0n) is 24.1. The van der Waals surface area contributed by atoms with Crippen LogP contribution in [0.2, 0.25) is 0 Å². The fourth-order valence-corrected chi connectivity index (χ4v) is 8.29. The van der Waals surface area contributed by atoms with E-state index in [2.05, 4.69) is 24.0 Å². The molecule has 2 aliphatic carbocycles. The Morgan fingerprint density at radius 2 is 1.89 bits per heavy atom. The zero-order chi connectivity index (χ0) is 31.3. The first-order chi connectivity index (χ1) is 21.6. The molecule has 230 valence electrons. The Balaban J connectivity index is 1.29. The number of rotatable bonds is 9. The van der Waals surface area contributed by atoms with Gasteiger partial charge >= 0.3 is 5.97 Å². The molecule has 1 aliphatic heterocycles. The van der Waals surface area contributed by atoms with Crippen LogP contribution in [0.25, 0.3) is 11.3 Å². The molecule has 0 unspecified atom stereocenters. The summed E-state index contributed by atoms with van der Waals surface area (Å²) in [5.74, 6) is 6.25. The van der Waals surface area contributed by atoms with Gasteiger partial charge in [-0.1, -0.05) is 36.1 Å². The normalized spacial score (nSPS) is 16.6. The van der Waals surface area contributed by atoms with E-state index in [4.69, 9.17) is 10.2 Å². The molecule has 0 atom stereocenters. The van der Waals surface area contributed by atoms with Gasteiger partial charge in [0.1, 0.15) is 10.7 Å². The predicted molar refractivity (Wildman–Crippen MR) is 173 cm³/mol. The number of primary sulfonamides is 1. The zero-order valence-corrected chi connectivity index (χ0v) is 26.5. The quantitative estimate of drug-likeness (QED) is 0.211. The lowest BCUT2D eigenvalue weighted by Gasteiger charge is -2.18. The van der Waals surface area contributed by atoms with Crippen LogP contribution in [-0.2, 0) is 21.2 Å². The van der Waals surface area contributed by atoms with Gasteiger partial charge in [-0.25, -0.2) is 27.8 Å². The minimum absolute atomic E-state index is 0.205. The molecule has 4 aromatic rings. The van der Waals surface area contributed by atoms with E-state index in [1.807, 2.05) is 24.3 Å². The van der Waals surface area contributed by atoms with Crippen LogP contribution in [0.3, 0.4) is 0 Å². The summed E-state index contributed by atoms with van der Waals surface area (Å²) in [7, 11) is -4.22. The summed E-state index contributed by atoms with van der Waals surface area (Å²) >= 11 is 3.23. The largest absolute Gasteiger partial charge is 0.476 e. The Hall–Kier alpha value is -3.89. The van der Waals surface area contributed by atoms with Crippen molar-refractivity contribution in [1.29, 1.82) is 0 Å². The van der Waals surface area contributed by atoms with Crippen molar-refractivity contribution in [3.05, 3.63) is 104 Å². The van der Waals surface area contributed by atoms with Crippen LogP contribution in [0.5, 0.6) is 0 Å². The average Bonchev–Trinajstić information content (AvgIpc) is 3.87. The Labute approximate surface area is 268 Å². The summed E-state index contributed by atoms with van der Waals surface area (Å²) in [6.07, 6.45) is 7.38. The van der Waals surface area contributed by atoms with Crippen LogP contribution >= 0.6 is 23.1 Å². The smallest absolute Gasteiger partial charge is 0.354 e. The number of nitrogens with two attached hydrogens (primary N) is 1. The highest BCUT2D eigenvalue weighted by molar-refractivity contribution is 8.03. The molecule has 0 saturated heterocycles. The number of thioether (sulfide) groups is 1. The molecule has 2 saturated carbocycles. The monoisotopic (exact) mass is 660 g/mol. The number of allylic oxidation sites excluding steroid dienone is 1. The maximum absolute atomic E-state index is 14.8. The summed E-state index contributed by atoms with van der Waals surface area (Å²) in [5, 5.41) is 21.9. The number of hydrogen-bond donors (Lipinski definition) is 2. The number of nitrogens with zero attached hydrogens (tertiary/aromatic N) is 3. The lowest BCUT2D eigenvalue weighted by atomic mass is 9.98. The molecule has 2 fully saturated rings. The third kappa shape index (κ3) is 6.44. The van der Waals surface area contributed by atoms with E-state index in [1.54, 1.807) is 27.3 Å². The fourth-order valence-electron chi connectivity index (χ4n) is 5.46. The third-order valence-corrected chi connectivity index (χ3v) is 11.3. The summed E-state index contributed by atoms with van der Waals surface area (Å²) in [4.78, 5) is 16.6. The van der Waals surface area contributed by atoms with Crippen LogP contribution in [0.4, 0.5) is 4.39 Å². The Morgan fingerprint density at radius 1 is 1.09 bits per heavy atom. The van der Waals surface area contributed by atoms with Crippen LogP contribution in [-0.4, -0.2) is 35.3 Å². The molecule has 3 aliphatic rings. The third-order valence-electron chi connectivity index (χ3n) is 8.09. The SMILES string of the molecule is NS(=O)(=O)c1ccc(Cc2cn(N3CSC(CC4CC4)=C3C(=O)O)nc2-c2ccccc2C#Cc2ccc(C3CC3)s2)cc1F. The van der Waals surface area contributed by atoms with Gasteiger partial charge in [0.2, 0.25) is 10.0 Å². The first-order valence-corrected chi connectivity index (χ1v) is 18.0. The average molecular weight is 661 g/mol. The highest BCUT2D eigenvalue weighted by atomic mass is 32.2. The van der Waals surface area contributed by atoms with Crippen LogP contribution in [0.1, 0.15) is 64.5 Å². The summed E-state index contributed by atoms with van der Waals surface area (Å²) in [6, 6.07) is 15.7. The molecule has 12 heteroatoms. The van der Waals surface area contributed by atoms with Crippen molar-refractivity contribution in [2.24, 2.45) is 11.1 Å². The second kappa shape index (κ2) is 11.8. The van der Waals surface area contributed by atoms with Gasteiger partial charge in [0.05, 0.1) is 22.6 Å². The van der Waals surface area contributed by atoms with Gasteiger partial charge in [-0.15, -0.1) is 23.1 Å². The maximum atomic E-state index is 14.8. The van der Waals surface area contributed by atoms with E-state index in [1.165, 1.54) is 35.5 Å². The number of aromatic nitrogens is 2. The first-order valence-electron chi connectivity index (χ1n) is 14.6. The van der Waals surface area contributed by atoms with Gasteiger partial charge in [0, 0.05) is 32.9 Å². The van der Waals surface area contributed by atoms with E-state index in [9.17, 15) is 22.7 Å². The number of halogens is 1. The van der Waals surface area contributed by atoms with Crippen molar-refractivity contribution in [2.45, 2.75) is 49.3 Å². The Morgan fingerprint density at radius 3 is 2.60 bits per heavy atom. The number of aliphatic carboxylic acids is 1. The summed E-state index contributed by atoms with van der Waals surface area (Å²) in [6.45, 7) is 0. The van der Waals surface area contributed by atoms with Gasteiger partial charge in [-0.3, -0.25) is 0 Å². The first kappa shape index (κ1) is 29.8. The van der Waals surface area contributed by atoms with Crippen LogP contribution in [0, 0.1) is 23.6 Å². The van der Waals surface area contributed by atoms with Crippen molar-refractivity contribution in [3.63, 3.8) is 0 Å². The number of sulfonamides is 1. The molecule has 2 aromatic heterocycles. The molecule has 2 aromatic carbocycles. The topological polar surface area (TPSA) is 119 Å². The minimum atomic E-state index is -4.22. The highest BCUT2D eigenvalue weighted by Gasteiger charge is 2.35. The number of carbonyl (C=O) groups is 1. The van der Waals surface area contributed by atoms with Crippen molar-refractivity contribution >= 4 is 39.1 Å².